The smallest absolute Gasteiger partial charge is 0.140 e. The molecule has 106 valence electrons. The van der Waals surface area contributed by atoms with Crippen molar-refractivity contribution in [2.75, 3.05) is 5.75 Å². The number of halogens is 1. The molecular formula is C14H15BrN2O2S. The molecule has 0 spiro atoms. The zero-order chi connectivity index (χ0) is 14.1. The Morgan fingerprint density at radius 1 is 1.55 bits per heavy atom. The topological polar surface area (TPSA) is 47.3 Å². The fraction of sp³-hybridized carbons (Fsp3) is 0.357. The van der Waals surface area contributed by atoms with Gasteiger partial charge in [0, 0.05) is 17.2 Å². The van der Waals surface area contributed by atoms with Crippen molar-refractivity contribution >= 4 is 27.7 Å². The normalized spacial score (nSPS) is 19.2. The van der Waals surface area contributed by atoms with E-state index in [1.807, 2.05) is 31.2 Å². The van der Waals surface area contributed by atoms with Crippen LogP contribution in [0.5, 0.6) is 5.75 Å². The first-order chi connectivity index (χ1) is 9.70. The summed E-state index contributed by atoms with van der Waals surface area (Å²) in [6, 6.07) is 7.91. The largest absolute Gasteiger partial charge is 0.485 e. The molecule has 3 rings (SSSR count). The Bertz CT molecular complexity index is 617. The SMILES string of the molecule is CCn1ncc(Br)c1C(O)C1CSc2ccccc2O1. The van der Waals surface area contributed by atoms with E-state index in [1.54, 1.807) is 22.6 Å². The number of ether oxygens (including phenoxy) is 1. The number of aromatic nitrogens is 2. The quantitative estimate of drug-likeness (QED) is 0.918. The molecule has 1 aromatic heterocycles. The molecule has 2 aromatic rings. The van der Waals surface area contributed by atoms with Crippen LogP contribution in [0.25, 0.3) is 0 Å². The molecule has 20 heavy (non-hydrogen) atoms. The first kappa shape index (κ1) is 14.0. The van der Waals surface area contributed by atoms with Gasteiger partial charge in [0.15, 0.2) is 0 Å². The predicted octanol–water partition coefficient (Wildman–Crippen LogP) is 3.25. The molecule has 0 saturated heterocycles. The molecule has 0 aliphatic carbocycles. The Morgan fingerprint density at radius 2 is 2.35 bits per heavy atom. The Morgan fingerprint density at radius 3 is 3.15 bits per heavy atom. The first-order valence-electron chi connectivity index (χ1n) is 6.48. The van der Waals surface area contributed by atoms with Gasteiger partial charge in [0.2, 0.25) is 0 Å². The van der Waals surface area contributed by atoms with Gasteiger partial charge < -0.3 is 9.84 Å². The molecule has 0 saturated carbocycles. The lowest BCUT2D eigenvalue weighted by atomic mass is 10.1. The van der Waals surface area contributed by atoms with Crippen LogP contribution in [0.1, 0.15) is 18.7 Å². The number of rotatable bonds is 3. The zero-order valence-corrected chi connectivity index (χ0v) is 13.4. The number of para-hydroxylation sites is 1. The van der Waals surface area contributed by atoms with Crippen molar-refractivity contribution in [1.82, 2.24) is 9.78 Å². The van der Waals surface area contributed by atoms with Gasteiger partial charge in [0.25, 0.3) is 0 Å². The molecule has 2 unspecified atom stereocenters. The van der Waals surface area contributed by atoms with E-state index in [1.165, 1.54) is 0 Å². The van der Waals surface area contributed by atoms with E-state index >= 15 is 0 Å². The van der Waals surface area contributed by atoms with Gasteiger partial charge in [-0.25, -0.2) is 0 Å². The second-order valence-electron chi connectivity index (χ2n) is 4.55. The second-order valence-corrected chi connectivity index (χ2v) is 6.47. The minimum Gasteiger partial charge on any atom is -0.485 e. The van der Waals surface area contributed by atoms with Crippen molar-refractivity contribution in [2.45, 2.75) is 30.6 Å². The lowest BCUT2D eigenvalue weighted by Crippen LogP contribution is -2.32. The summed E-state index contributed by atoms with van der Waals surface area (Å²) in [5.41, 5.74) is 0.775. The van der Waals surface area contributed by atoms with Crippen LogP contribution in [-0.2, 0) is 6.54 Å². The standard InChI is InChI=1S/C14H15BrN2O2S/c1-2-17-13(9(15)7-16-17)14(18)11-8-20-12-6-4-3-5-10(12)19-11/h3-7,11,14,18H,2,8H2,1H3. The van der Waals surface area contributed by atoms with E-state index in [0.29, 0.717) is 6.54 Å². The molecule has 2 atom stereocenters. The predicted molar refractivity (Wildman–Crippen MR) is 82.1 cm³/mol. The van der Waals surface area contributed by atoms with E-state index < -0.39 is 6.10 Å². The Labute approximate surface area is 130 Å². The number of aliphatic hydroxyl groups excluding tert-OH is 1. The molecule has 1 aliphatic rings. The maximum Gasteiger partial charge on any atom is 0.140 e. The first-order valence-corrected chi connectivity index (χ1v) is 8.26. The van der Waals surface area contributed by atoms with Crippen LogP contribution in [0.3, 0.4) is 0 Å². The molecular weight excluding hydrogens is 340 g/mol. The van der Waals surface area contributed by atoms with Crippen LogP contribution >= 0.6 is 27.7 Å². The van der Waals surface area contributed by atoms with Gasteiger partial charge >= 0.3 is 0 Å². The van der Waals surface area contributed by atoms with E-state index in [9.17, 15) is 5.11 Å². The van der Waals surface area contributed by atoms with Crippen LogP contribution in [-0.4, -0.2) is 26.7 Å². The zero-order valence-electron chi connectivity index (χ0n) is 11.0. The molecule has 1 N–H and O–H groups in total. The lowest BCUT2D eigenvalue weighted by Gasteiger charge is -2.29. The third kappa shape index (κ3) is 2.47. The average molecular weight is 355 g/mol. The minimum absolute atomic E-state index is 0.270. The van der Waals surface area contributed by atoms with E-state index in [2.05, 4.69) is 21.0 Å². The van der Waals surface area contributed by atoms with Gasteiger partial charge in [0.05, 0.1) is 16.4 Å². The number of fused-ring (bicyclic) bond motifs is 1. The summed E-state index contributed by atoms with van der Waals surface area (Å²) in [5, 5.41) is 14.9. The number of nitrogens with zero attached hydrogens (tertiary/aromatic N) is 2. The second kappa shape index (κ2) is 5.79. The fourth-order valence-electron chi connectivity index (χ4n) is 2.29. The summed E-state index contributed by atoms with van der Waals surface area (Å²) in [7, 11) is 0. The van der Waals surface area contributed by atoms with Crippen LogP contribution in [0.2, 0.25) is 0 Å². The van der Waals surface area contributed by atoms with Crippen molar-refractivity contribution in [1.29, 1.82) is 0 Å². The summed E-state index contributed by atoms with van der Waals surface area (Å²) in [6.45, 7) is 2.72. The highest BCUT2D eigenvalue weighted by molar-refractivity contribution is 9.10. The van der Waals surface area contributed by atoms with Crippen molar-refractivity contribution in [3.63, 3.8) is 0 Å². The van der Waals surface area contributed by atoms with Gasteiger partial charge in [0.1, 0.15) is 18.0 Å². The molecule has 0 bridgehead atoms. The Balaban J connectivity index is 1.85. The number of hydrogen-bond donors (Lipinski definition) is 1. The minimum atomic E-state index is -0.701. The summed E-state index contributed by atoms with van der Waals surface area (Å²) < 4.78 is 8.55. The fourth-order valence-corrected chi connectivity index (χ4v) is 3.84. The maximum absolute atomic E-state index is 10.6. The average Bonchev–Trinajstić information content (AvgIpc) is 2.87. The van der Waals surface area contributed by atoms with Gasteiger partial charge in [-0.15, -0.1) is 11.8 Å². The molecule has 4 nitrogen and oxygen atoms in total. The maximum atomic E-state index is 10.6. The molecule has 0 amide bonds. The highest BCUT2D eigenvalue weighted by Gasteiger charge is 2.31. The number of benzene rings is 1. The third-order valence-electron chi connectivity index (χ3n) is 3.30. The van der Waals surface area contributed by atoms with Crippen molar-refractivity contribution in [3.05, 3.63) is 40.6 Å². The molecule has 1 aromatic carbocycles. The molecule has 6 heteroatoms. The van der Waals surface area contributed by atoms with Crippen molar-refractivity contribution in [2.24, 2.45) is 0 Å². The molecule has 1 aliphatic heterocycles. The Kier molecular flexibility index (Phi) is 4.05. The molecule has 2 heterocycles. The third-order valence-corrected chi connectivity index (χ3v) is 5.05. The van der Waals surface area contributed by atoms with Gasteiger partial charge in [-0.1, -0.05) is 12.1 Å². The van der Waals surface area contributed by atoms with Gasteiger partial charge in [-0.3, -0.25) is 4.68 Å². The summed E-state index contributed by atoms with van der Waals surface area (Å²) in [4.78, 5) is 1.12. The summed E-state index contributed by atoms with van der Waals surface area (Å²) >= 11 is 5.16. The van der Waals surface area contributed by atoms with Crippen LogP contribution in [0.15, 0.2) is 39.8 Å². The van der Waals surface area contributed by atoms with E-state index in [4.69, 9.17) is 4.74 Å². The molecule has 0 fully saturated rings. The van der Waals surface area contributed by atoms with Crippen molar-refractivity contribution in [3.8, 4) is 5.75 Å². The highest BCUT2D eigenvalue weighted by Crippen LogP contribution is 2.39. The van der Waals surface area contributed by atoms with E-state index in [-0.39, 0.29) is 6.10 Å². The molecule has 0 radical (unpaired) electrons. The van der Waals surface area contributed by atoms with Crippen LogP contribution in [0, 0.1) is 0 Å². The van der Waals surface area contributed by atoms with Gasteiger partial charge in [-0.05, 0) is 35.0 Å². The number of hydrogen-bond acceptors (Lipinski definition) is 4. The monoisotopic (exact) mass is 354 g/mol. The van der Waals surface area contributed by atoms with Crippen molar-refractivity contribution < 1.29 is 9.84 Å². The van der Waals surface area contributed by atoms with Crippen LogP contribution < -0.4 is 4.74 Å². The number of thioether (sulfide) groups is 1. The summed E-state index contributed by atoms with van der Waals surface area (Å²) in [6.07, 6.45) is 0.743. The number of aliphatic hydroxyl groups is 1. The van der Waals surface area contributed by atoms with E-state index in [0.717, 1.165) is 26.6 Å². The Hall–Kier alpha value is -0.980. The lowest BCUT2D eigenvalue weighted by molar-refractivity contribution is 0.0393. The number of aryl methyl sites for hydroxylation is 1. The summed E-state index contributed by atoms with van der Waals surface area (Å²) in [5.74, 6) is 1.56. The highest BCUT2D eigenvalue weighted by atomic mass is 79.9. The van der Waals surface area contributed by atoms with Crippen LogP contribution in [0.4, 0.5) is 0 Å². The van der Waals surface area contributed by atoms with Gasteiger partial charge in [-0.2, -0.15) is 5.10 Å².